The third kappa shape index (κ3) is 8.11. The summed E-state index contributed by atoms with van der Waals surface area (Å²) in [5, 5.41) is 6.34. The van der Waals surface area contributed by atoms with Crippen LogP contribution in [0.3, 0.4) is 0 Å². The average Bonchev–Trinajstić information content (AvgIpc) is 3.64. The maximum Gasteiger partial charge on any atom is 0.251 e. The smallest absolute Gasteiger partial charge is 0.251 e. The molecule has 1 saturated carbocycles. The van der Waals surface area contributed by atoms with Crippen LogP contribution in [-0.4, -0.2) is 73.5 Å². The molecule has 1 saturated heterocycles. The summed E-state index contributed by atoms with van der Waals surface area (Å²) in [6.07, 6.45) is 6.70. The lowest BCUT2D eigenvalue weighted by Crippen LogP contribution is -2.54. The largest absolute Gasteiger partial charge is 0.340 e. The van der Waals surface area contributed by atoms with Crippen LogP contribution < -0.4 is 10.6 Å². The Morgan fingerprint density at radius 3 is 2.51 bits per heavy atom. The molecular formula is C27H36F2N4O2. The first-order chi connectivity index (χ1) is 16.8. The minimum absolute atomic E-state index is 0.0811. The summed E-state index contributed by atoms with van der Waals surface area (Å²) in [4.78, 5) is 29.9. The third-order valence-electron chi connectivity index (χ3n) is 6.60. The van der Waals surface area contributed by atoms with Gasteiger partial charge in [0.05, 0.1) is 0 Å². The van der Waals surface area contributed by atoms with E-state index in [1.165, 1.54) is 36.4 Å². The highest BCUT2D eigenvalue weighted by Gasteiger charge is 2.37. The zero-order valence-electron chi connectivity index (χ0n) is 20.6. The van der Waals surface area contributed by atoms with Crippen molar-refractivity contribution in [1.29, 1.82) is 0 Å². The van der Waals surface area contributed by atoms with Crippen molar-refractivity contribution >= 4 is 11.8 Å². The number of carbonyl (C=O) groups is 2. The molecule has 1 heterocycles. The number of hydrogen-bond acceptors (Lipinski definition) is 4. The fourth-order valence-corrected chi connectivity index (χ4v) is 4.18. The lowest BCUT2D eigenvalue weighted by Gasteiger charge is -2.34. The van der Waals surface area contributed by atoms with Crippen LogP contribution in [0.4, 0.5) is 8.78 Å². The van der Waals surface area contributed by atoms with Gasteiger partial charge in [0.1, 0.15) is 17.7 Å². The van der Waals surface area contributed by atoms with E-state index < -0.39 is 11.9 Å². The molecule has 1 aliphatic carbocycles. The van der Waals surface area contributed by atoms with Crippen LogP contribution in [0.5, 0.6) is 0 Å². The van der Waals surface area contributed by atoms with Gasteiger partial charge in [-0.3, -0.25) is 9.59 Å². The summed E-state index contributed by atoms with van der Waals surface area (Å²) in [6.45, 7) is 9.22. The van der Waals surface area contributed by atoms with E-state index in [2.05, 4.69) is 22.1 Å². The molecule has 0 spiro atoms. The molecule has 1 aliphatic heterocycles. The number of nitrogens with one attached hydrogen (secondary N) is 2. The molecule has 35 heavy (non-hydrogen) atoms. The zero-order chi connectivity index (χ0) is 25.4. The first-order valence-corrected chi connectivity index (χ1v) is 12.2. The van der Waals surface area contributed by atoms with Crippen LogP contribution in [0.2, 0.25) is 0 Å². The molecule has 190 valence electrons. The van der Waals surface area contributed by atoms with Crippen molar-refractivity contribution in [3.63, 3.8) is 0 Å². The molecule has 0 radical (unpaired) electrons. The SMILES string of the molecule is C=C(/C=C\C(F)=C/C)[C@H]1C[C@@H]1NCCC[C@H](NC(=O)c1ccc(F)cc1)C(=O)N1CCN(C)CC1. The van der Waals surface area contributed by atoms with E-state index in [1.807, 2.05) is 7.05 Å². The molecule has 0 bridgehead atoms. The number of piperazine rings is 1. The summed E-state index contributed by atoms with van der Waals surface area (Å²) in [5.74, 6) is -0.875. The zero-order valence-corrected chi connectivity index (χ0v) is 20.6. The van der Waals surface area contributed by atoms with Gasteiger partial charge in [-0.15, -0.1) is 0 Å². The minimum atomic E-state index is -0.644. The van der Waals surface area contributed by atoms with Crippen LogP contribution in [-0.2, 0) is 4.79 Å². The van der Waals surface area contributed by atoms with Crippen molar-refractivity contribution in [2.75, 3.05) is 39.8 Å². The number of rotatable bonds is 11. The lowest BCUT2D eigenvalue weighted by atomic mass is 10.1. The van der Waals surface area contributed by atoms with Gasteiger partial charge in [0.25, 0.3) is 5.91 Å². The van der Waals surface area contributed by atoms with Crippen molar-refractivity contribution < 1.29 is 18.4 Å². The van der Waals surface area contributed by atoms with Crippen molar-refractivity contribution in [3.8, 4) is 0 Å². The van der Waals surface area contributed by atoms with Gasteiger partial charge in [0.15, 0.2) is 0 Å². The second-order valence-electron chi connectivity index (χ2n) is 9.29. The number of amides is 2. The van der Waals surface area contributed by atoms with E-state index in [0.717, 1.165) is 25.1 Å². The Morgan fingerprint density at radius 2 is 1.86 bits per heavy atom. The first-order valence-electron chi connectivity index (χ1n) is 12.2. The maximum atomic E-state index is 13.3. The van der Waals surface area contributed by atoms with Crippen molar-refractivity contribution in [2.45, 2.75) is 38.3 Å². The van der Waals surface area contributed by atoms with Crippen molar-refractivity contribution in [2.24, 2.45) is 5.92 Å². The molecule has 8 heteroatoms. The van der Waals surface area contributed by atoms with E-state index in [1.54, 1.807) is 17.9 Å². The number of benzene rings is 1. The number of halogens is 2. The Labute approximate surface area is 206 Å². The number of nitrogens with zero attached hydrogens (tertiary/aromatic N) is 2. The molecule has 1 aromatic carbocycles. The standard InChI is InChI=1S/C27H36F2N4O2/c1-4-21(28)10-7-19(2)23-18-25(23)30-13-5-6-24(27(35)33-16-14-32(3)15-17-33)31-26(34)20-8-11-22(29)12-9-20/h4,7-12,23-25,30H,2,5-6,13-18H2,1,3H3,(H,31,34)/b10-7-,21-4+/t23-,24+,25+/m1/s1. The van der Waals surface area contributed by atoms with E-state index in [0.29, 0.717) is 44.1 Å². The van der Waals surface area contributed by atoms with Crippen molar-refractivity contribution in [3.05, 3.63) is 71.9 Å². The molecule has 2 aliphatic rings. The van der Waals surface area contributed by atoms with E-state index in [-0.39, 0.29) is 23.6 Å². The number of likely N-dealkylation sites (N-methyl/N-ethyl adjacent to an activating group) is 1. The molecule has 2 fully saturated rings. The molecule has 3 rings (SSSR count). The van der Waals surface area contributed by atoms with Crippen LogP contribution in [0.1, 0.15) is 36.5 Å². The van der Waals surface area contributed by atoms with Gasteiger partial charge in [-0.1, -0.05) is 24.3 Å². The summed E-state index contributed by atoms with van der Waals surface area (Å²) in [7, 11) is 2.02. The highest BCUT2D eigenvalue weighted by atomic mass is 19.1. The molecule has 2 amide bonds. The summed E-state index contributed by atoms with van der Waals surface area (Å²) >= 11 is 0. The van der Waals surface area contributed by atoms with Crippen LogP contribution >= 0.6 is 0 Å². The average molecular weight is 487 g/mol. The second-order valence-corrected chi connectivity index (χ2v) is 9.29. The molecule has 0 aromatic heterocycles. The Balaban J connectivity index is 1.51. The van der Waals surface area contributed by atoms with E-state index in [9.17, 15) is 18.4 Å². The molecule has 0 unspecified atom stereocenters. The Hall–Kier alpha value is -2.84. The van der Waals surface area contributed by atoms with Gasteiger partial charge in [0, 0.05) is 43.7 Å². The van der Waals surface area contributed by atoms with Gasteiger partial charge >= 0.3 is 0 Å². The Morgan fingerprint density at radius 1 is 1.17 bits per heavy atom. The molecular weight excluding hydrogens is 450 g/mol. The van der Waals surface area contributed by atoms with Gasteiger partial charge in [-0.05, 0) is 70.1 Å². The van der Waals surface area contributed by atoms with E-state index >= 15 is 0 Å². The lowest BCUT2D eigenvalue weighted by molar-refractivity contribution is -0.135. The van der Waals surface area contributed by atoms with Crippen LogP contribution in [0.15, 0.2) is 60.5 Å². The molecule has 2 N–H and O–H groups in total. The summed E-state index contributed by atoms with van der Waals surface area (Å²) in [6, 6.07) is 4.95. The Bertz CT molecular complexity index is 952. The molecule has 6 nitrogen and oxygen atoms in total. The second kappa shape index (κ2) is 12.7. The quantitative estimate of drug-likeness (QED) is 0.372. The number of hydrogen-bond donors (Lipinski definition) is 2. The highest BCUT2D eigenvalue weighted by Crippen LogP contribution is 2.37. The first kappa shape index (κ1) is 26.8. The number of carbonyl (C=O) groups excluding carboxylic acids is 2. The van der Waals surface area contributed by atoms with Gasteiger partial charge in [-0.25, -0.2) is 8.78 Å². The van der Waals surface area contributed by atoms with Crippen molar-refractivity contribution in [1.82, 2.24) is 20.4 Å². The monoisotopic (exact) mass is 486 g/mol. The maximum absolute atomic E-state index is 13.3. The van der Waals surface area contributed by atoms with E-state index in [4.69, 9.17) is 0 Å². The fourth-order valence-electron chi connectivity index (χ4n) is 4.18. The predicted octanol–water partition coefficient (Wildman–Crippen LogP) is 3.44. The van der Waals surface area contributed by atoms with Gasteiger partial charge in [-0.2, -0.15) is 0 Å². The normalized spacial score (nSPS) is 21.7. The third-order valence-corrected chi connectivity index (χ3v) is 6.60. The topological polar surface area (TPSA) is 64.7 Å². The van der Waals surface area contributed by atoms with Gasteiger partial charge in [0.2, 0.25) is 5.91 Å². The van der Waals surface area contributed by atoms with Crippen LogP contribution in [0.25, 0.3) is 0 Å². The van der Waals surface area contributed by atoms with Gasteiger partial charge < -0.3 is 20.4 Å². The number of allylic oxidation sites excluding steroid dienone is 4. The summed E-state index contributed by atoms with van der Waals surface area (Å²) in [5.41, 5.74) is 1.22. The Kier molecular flexibility index (Phi) is 9.74. The van der Waals surface area contributed by atoms with Crippen LogP contribution in [0, 0.1) is 11.7 Å². The fraction of sp³-hybridized carbons (Fsp3) is 0.481. The minimum Gasteiger partial charge on any atom is -0.340 e. The molecule has 3 atom stereocenters. The summed E-state index contributed by atoms with van der Waals surface area (Å²) < 4.78 is 26.5. The predicted molar refractivity (Wildman–Crippen MR) is 134 cm³/mol. The molecule has 1 aromatic rings. The highest BCUT2D eigenvalue weighted by molar-refractivity contribution is 5.97.